The van der Waals surface area contributed by atoms with Gasteiger partial charge < -0.3 is 10.2 Å². The first-order valence-electron chi connectivity index (χ1n) is 6.24. The van der Waals surface area contributed by atoms with Crippen molar-refractivity contribution in [3.8, 4) is 10.6 Å². The maximum atomic E-state index is 13.7. The van der Waals surface area contributed by atoms with Gasteiger partial charge >= 0.3 is 0 Å². The first kappa shape index (κ1) is 14.6. The Bertz CT molecular complexity index is 600. The van der Waals surface area contributed by atoms with Gasteiger partial charge in [0.15, 0.2) is 0 Å². The van der Waals surface area contributed by atoms with Crippen molar-refractivity contribution in [1.82, 2.24) is 15.2 Å². The Kier molecular flexibility index (Phi) is 4.81. The van der Waals surface area contributed by atoms with Crippen LogP contribution >= 0.6 is 11.3 Å². The summed E-state index contributed by atoms with van der Waals surface area (Å²) < 4.78 is 13.7. The maximum absolute atomic E-state index is 13.7. The van der Waals surface area contributed by atoms with Gasteiger partial charge in [0.05, 0.1) is 6.20 Å². The molecule has 1 aromatic carbocycles. The number of hydrogen-bond acceptors (Lipinski definition) is 4. The highest BCUT2D eigenvalue weighted by Gasteiger charge is 2.16. The third kappa shape index (κ3) is 3.20. The molecule has 6 heteroatoms. The van der Waals surface area contributed by atoms with Gasteiger partial charge in [-0.3, -0.25) is 4.79 Å². The van der Waals surface area contributed by atoms with Crippen molar-refractivity contribution in [2.45, 2.75) is 0 Å². The van der Waals surface area contributed by atoms with Crippen LogP contribution in [0.15, 0.2) is 30.5 Å². The van der Waals surface area contributed by atoms with Crippen LogP contribution in [0.1, 0.15) is 9.67 Å². The Hall–Kier alpha value is -1.79. The van der Waals surface area contributed by atoms with Crippen LogP contribution in [0.4, 0.5) is 4.39 Å². The molecule has 0 unspecified atom stereocenters. The van der Waals surface area contributed by atoms with Crippen molar-refractivity contribution in [3.05, 3.63) is 41.2 Å². The van der Waals surface area contributed by atoms with Crippen molar-refractivity contribution in [1.29, 1.82) is 0 Å². The number of carbonyl (C=O) groups is 1. The fraction of sp³-hybridized carbons (Fsp3) is 0.286. The molecule has 0 spiro atoms. The van der Waals surface area contributed by atoms with Crippen molar-refractivity contribution < 1.29 is 9.18 Å². The molecule has 2 aromatic rings. The van der Waals surface area contributed by atoms with E-state index in [0.29, 0.717) is 22.0 Å². The second-order valence-corrected chi connectivity index (χ2v) is 5.37. The van der Waals surface area contributed by atoms with Crippen LogP contribution < -0.4 is 5.32 Å². The van der Waals surface area contributed by atoms with Crippen molar-refractivity contribution in [2.75, 3.05) is 27.2 Å². The fourth-order valence-corrected chi connectivity index (χ4v) is 2.64. The van der Waals surface area contributed by atoms with Crippen molar-refractivity contribution in [2.24, 2.45) is 0 Å². The first-order valence-corrected chi connectivity index (χ1v) is 7.06. The molecule has 1 N–H and O–H groups in total. The lowest BCUT2D eigenvalue weighted by Gasteiger charge is -2.15. The minimum atomic E-state index is -0.329. The third-order valence-electron chi connectivity index (χ3n) is 2.86. The van der Waals surface area contributed by atoms with E-state index >= 15 is 0 Å². The molecule has 2 rings (SSSR count). The molecule has 0 bridgehead atoms. The van der Waals surface area contributed by atoms with Crippen LogP contribution in [0.5, 0.6) is 0 Å². The molecule has 20 heavy (non-hydrogen) atoms. The highest BCUT2D eigenvalue weighted by atomic mass is 32.1. The molecule has 0 aliphatic carbocycles. The van der Waals surface area contributed by atoms with E-state index in [1.54, 1.807) is 30.1 Å². The Balaban J connectivity index is 2.17. The summed E-state index contributed by atoms with van der Waals surface area (Å²) in [6.45, 7) is 1.34. The van der Waals surface area contributed by atoms with Gasteiger partial charge in [-0.15, -0.1) is 11.3 Å². The molecular weight excluding hydrogens is 277 g/mol. The zero-order chi connectivity index (χ0) is 14.5. The van der Waals surface area contributed by atoms with Crippen LogP contribution in [0.3, 0.4) is 0 Å². The summed E-state index contributed by atoms with van der Waals surface area (Å²) in [4.78, 5) is 18.4. The van der Waals surface area contributed by atoms with Crippen molar-refractivity contribution in [3.63, 3.8) is 0 Å². The van der Waals surface area contributed by atoms with E-state index in [1.165, 1.54) is 23.6 Å². The molecular formula is C14H16FN3OS. The van der Waals surface area contributed by atoms with E-state index in [2.05, 4.69) is 10.3 Å². The number of hydrogen-bond donors (Lipinski definition) is 1. The van der Waals surface area contributed by atoms with E-state index in [1.807, 2.05) is 7.05 Å². The van der Waals surface area contributed by atoms with Gasteiger partial charge in [-0.25, -0.2) is 9.37 Å². The molecule has 0 radical (unpaired) electrons. The smallest absolute Gasteiger partial charge is 0.265 e. The Morgan fingerprint density at radius 1 is 1.45 bits per heavy atom. The number of thiazole rings is 1. The average Bonchev–Trinajstić information content (AvgIpc) is 2.94. The van der Waals surface area contributed by atoms with E-state index in [4.69, 9.17) is 0 Å². The summed E-state index contributed by atoms with van der Waals surface area (Å²) in [6.07, 6.45) is 1.50. The second kappa shape index (κ2) is 6.58. The Morgan fingerprint density at radius 2 is 2.20 bits per heavy atom. The van der Waals surface area contributed by atoms with Gasteiger partial charge in [0.25, 0.3) is 5.91 Å². The van der Waals surface area contributed by atoms with Crippen molar-refractivity contribution >= 4 is 17.2 Å². The third-order valence-corrected chi connectivity index (χ3v) is 3.88. The summed E-state index contributed by atoms with van der Waals surface area (Å²) in [5.74, 6) is -0.426. The number of amides is 1. The van der Waals surface area contributed by atoms with Crippen LogP contribution in [0.25, 0.3) is 10.6 Å². The molecule has 0 atom stereocenters. The standard InChI is InChI=1S/C14H16FN3OS/c1-16-7-8-18(2)14(19)12-9-17-13(20-12)10-5-3-4-6-11(10)15/h3-6,9,16H,7-8H2,1-2H3. The summed E-state index contributed by atoms with van der Waals surface area (Å²) in [5.41, 5.74) is 0.425. The Morgan fingerprint density at radius 3 is 2.90 bits per heavy atom. The lowest BCUT2D eigenvalue weighted by atomic mass is 10.2. The van der Waals surface area contributed by atoms with Gasteiger partial charge in [-0.05, 0) is 19.2 Å². The molecule has 1 heterocycles. The van der Waals surface area contributed by atoms with Gasteiger partial charge in [-0.1, -0.05) is 12.1 Å². The van der Waals surface area contributed by atoms with Gasteiger partial charge in [0, 0.05) is 25.7 Å². The SMILES string of the molecule is CNCCN(C)C(=O)c1cnc(-c2ccccc2F)s1. The molecule has 1 amide bonds. The minimum Gasteiger partial charge on any atom is -0.340 e. The maximum Gasteiger partial charge on any atom is 0.265 e. The first-order chi connectivity index (χ1) is 9.63. The highest BCUT2D eigenvalue weighted by molar-refractivity contribution is 7.16. The zero-order valence-corrected chi connectivity index (χ0v) is 12.2. The monoisotopic (exact) mass is 293 g/mol. The number of rotatable bonds is 5. The van der Waals surface area contributed by atoms with E-state index in [-0.39, 0.29) is 11.7 Å². The molecule has 0 fully saturated rings. The summed E-state index contributed by atoms with van der Waals surface area (Å²) in [5, 5.41) is 3.51. The van der Waals surface area contributed by atoms with Crippen LogP contribution in [-0.4, -0.2) is 43.0 Å². The van der Waals surface area contributed by atoms with Crippen LogP contribution in [0, 0.1) is 5.82 Å². The Labute approximate surface area is 121 Å². The van der Waals surface area contributed by atoms with E-state index in [9.17, 15) is 9.18 Å². The molecule has 1 aromatic heterocycles. The molecule has 0 aliphatic rings. The summed E-state index contributed by atoms with van der Waals surface area (Å²) in [7, 11) is 3.57. The largest absolute Gasteiger partial charge is 0.340 e. The second-order valence-electron chi connectivity index (χ2n) is 4.34. The topological polar surface area (TPSA) is 45.2 Å². The van der Waals surface area contributed by atoms with Crippen LogP contribution in [-0.2, 0) is 0 Å². The lowest BCUT2D eigenvalue weighted by molar-refractivity contribution is 0.0801. The summed E-state index contributed by atoms with van der Waals surface area (Å²) in [6, 6.07) is 6.43. The molecule has 0 aliphatic heterocycles. The quantitative estimate of drug-likeness (QED) is 0.919. The van der Waals surface area contributed by atoms with E-state index < -0.39 is 0 Å². The molecule has 0 saturated carbocycles. The molecule has 0 saturated heterocycles. The normalized spacial score (nSPS) is 10.6. The van der Waals surface area contributed by atoms with Gasteiger partial charge in [-0.2, -0.15) is 0 Å². The van der Waals surface area contributed by atoms with Crippen LogP contribution in [0.2, 0.25) is 0 Å². The van der Waals surface area contributed by atoms with Gasteiger partial charge in [0.1, 0.15) is 15.7 Å². The number of halogens is 1. The highest BCUT2D eigenvalue weighted by Crippen LogP contribution is 2.27. The van der Waals surface area contributed by atoms with Gasteiger partial charge in [0.2, 0.25) is 0 Å². The molecule has 4 nitrogen and oxygen atoms in total. The minimum absolute atomic E-state index is 0.0969. The van der Waals surface area contributed by atoms with E-state index in [0.717, 1.165) is 6.54 Å². The average molecular weight is 293 g/mol. The number of nitrogens with one attached hydrogen (secondary N) is 1. The summed E-state index contributed by atoms with van der Waals surface area (Å²) >= 11 is 1.21. The fourth-order valence-electron chi connectivity index (χ4n) is 1.70. The number of nitrogens with zero attached hydrogens (tertiary/aromatic N) is 2. The number of carbonyl (C=O) groups excluding carboxylic acids is 1. The number of aromatic nitrogens is 1. The lowest BCUT2D eigenvalue weighted by Crippen LogP contribution is -2.32. The zero-order valence-electron chi connectivity index (χ0n) is 11.4. The number of benzene rings is 1. The predicted molar refractivity (Wildman–Crippen MR) is 78.4 cm³/mol. The number of likely N-dealkylation sites (N-methyl/N-ethyl adjacent to an activating group) is 2. The predicted octanol–water partition coefficient (Wildman–Crippen LogP) is 2.24. The molecule has 106 valence electrons.